The highest BCUT2D eigenvalue weighted by atomic mass is 35.5. The van der Waals surface area contributed by atoms with Crippen LogP contribution in [0.1, 0.15) is 33.1 Å². The van der Waals surface area contributed by atoms with Crippen molar-refractivity contribution in [3.05, 3.63) is 29.5 Å². The maximum absolute atomic E-state index is 12.4. The fraction of sp³-hybridized carbons (Fsp3) is 0.550. The van der Waals surface area contributed by atoms with Crippen molar-refractivity contribution >= 4 is 34.2 Å². The Bertz CT molecular complexity index is 776. The van der Waals surface area contributed by atoms with E-state index < -0.39 is 0 Å². The van der Waals surface area contributed by atoms with Gasteiger partial charge in [0.1, 0.15) is 12.1 Å². The molecular weight excluding hydrogens is 364 g/mol. The van der Waals surface area contributed by atoms with Gasteiger partial charge in [0.05, 0.1) is 11.6 Å². The normalized spacial score (nSPS) is 15.5. The second-order valence-corrected chi connectivity index (χ2v) is 7.62. The van der Waals surface area contributed by atoms with E-state index >= 15 is 0 Å². The van der Waals surface area contributed by atoms with Crippen molar-refractivity contribution in [2.45, 2.75) is 39.2 Å². The smallest absolute Gasteiger partial charge is 0.223 e. The van der Waals surface area contributed by atoms with Gasteiger partial charge in [-0.3, -0.25) is 4.79 Å². The SMILES string of the molecule is CC(C)OCCCNC(=O)C1CCN(c2ncnc3cc(Cl)ccc23)CC1. The predicted octanol–water partition coefficient (Wildman–Crippen LogP) is 3.43. The molecule has 1 aliphatic heterocycles. The zero-order valence-electron chi connectivity index (χ0n) is 15.9. The highest BCUT2D eigenvalue weighted by Gasteiger charge is 2.26. The molecule has 0 radical (unpaired) electrons. The molecule has 0 saturated carbocycles. The number of benzene rings is 1. The maximum Gasteiger partial charge on any atom is 0.223 e. The zero-order valence-corrected chi connectivity index (χ0v) is 16.7. The molecule has 0 unspecified atom stereocenters. The molecule has 0 aliphatic carbocycles. The minimum Gasteiger partial charge on any atom is -0.379 e. The van der Waals surface area contributed by atoms with Gasteiger partial charge < -0.3 is 15.0 Å². The average Bonchev–Trinajstić information content (AvgIpc) is 2.66. The Balaban J connectivity index is 1.51. The number of amides is 1. The van der Waals surface area contributed by atoms with E-state index in [0.717, 1.165) is 49.1 Å². The van der Waals surface area contributed by atoms with Gasteiger partial charge in [0.15, 0.2) is 0 Å². The summed E-state index contributed by atoms with van der Waals surface area (Å²) in [5.74, 6) is 1.13. The van der Waals surface area contributed by atoms with E-state index in [1.807, 2.05) is 32.0 Å². The summed E-state index contributed by atoms with van der Waals surface area (Å²) in [7, 11) is 0. The van der Waals surface area contributed by atoms with Gasteiger partial charge in [-0.1, -0.05) is 11.6 Å². The molecule has 0 spiro atoms. The summed E-state index contributed by atoms with van der Waals surface area (Å²) >= 11 is 6.06. The predicted molar refractivity (Wildman–Crippen MR) is 108 cm³/mol. The molecule has 0 bridgehead atoms. The Hall–Kier alpha value is -1.92. The first kappa shape index (κ1) is 19.8. The lowest BCUT2D eigenvalue weighted by Crippen LogP contribution is -2.41. The highest BCUT2D eigenvalue weighted by molar-refractivity contribution is 6.31. The van der Waals surface area contributed by atoms with Crippen molar-refractivity contribution < 1.29 is 9.53 Å². The first-order valence-corrected chi connectivity index (χ1v) is 9.97. The van der Waals surface area contributed by atoms with Gasteiger partial charge >= 0.3 is 0 Å². The third kappa shape index (κ3) is 5.30. The lowest BCUT2D eigenvalue weighted by molar-refractivity contribution is -0.125. The number of halogens is 1. The van der Waals surface area contributed by atoms with Crippen LogP contribution in [0.5, 0.6) is 0 Å². The van der Waals surface area contributed by atoms with Crippen LogP contribution in [-0.2, 0) is 9.53 Å². The monoisotopic (exact) mass is 390 g/mol. The Morgan fingerprint density at radius 2 is 2.11 bits per heavy atom. The van der Waals surface area contributed by atoms with Gasteiger partial charge in [-0.15, -0.1) is 0 Å². The number of piperidine rings is 1. The van der Waals surface area contributed by atoms with Crippen LogP contribution < -0.4 is 10.2 Å². The average molecular weight is 391 g/mol. The lowest BCUT2D eigenvalue weighted by Gasteiger charge is -2.32. The topological polar surface area (TPSA) is 67.3 Å². The molecule has 1 aromatic carbocycles. The van der Waals surface area contributed by atoms with E-state index in [2.05, 4.69) is 20.2 Å². The standard InChI is InChI=1S/C20H27ClN4O2/c1-14(2)27-11-3-8-22-20(26)15-6-9-25(10-7-15)19-17-5-4-16(21)12-18(17)23-13-24-19/h4-5,12-15H,3,6-11H2,1-2H3,(H,22,26). The molecule has 3 rings (SSSR count). The Morgan fingerprint density at radius 1 is 1.33 bits per heavy atom. The number of fused-ring (bicyclic) bond motifs is 1. The lowest BCUT2D eigenvalue weighted by atomic mass is 9.95. The van der Waals surface area contributed by atoms with E-state index in [1.165, 1.54) is 0 Å². The van der Waals surface area contributed by atoms with Crippen LogP contribution in [0.15, 0.2) is 24.5 Å². The molecule has 27 heavy (non-hydrogen) atoms. The summed E-state index contributed by atoms with van der Waals surface area (Å²) < 4.78 is 5.50. The molecule has 2 heterocycles. The van der Waals surface area contributed by atoms with Crippen LogP contribution in [0.3, 0.4) is 0 Å². The Kier molecular flexibility index (Phi) is 6.85. The van der Waals surface area contributed by atoms with E-state index in [-0.39, 0.29) is 17.9 Å². The van der Waals surface area contributed by atoms with E-state index in [1.54, 1.807) is 6.33 Å². The molecule has 1 N–H and O–H groups in total. The van der Waals surface area contributed by atoms with Gasteiger partial charge in [-0.25, -0.2) is 9.97 Å². The molecule has 0 atom stereocenters. The molecule has 1 aliphatic rings. The molecule has 2 aromatic rings. The van der Waals surface area contributed by atoms with Crippen molar-refractivity contribution in [3.8, 4) is 0 Å². The van der Waals surface area contributed by atoms with Crippen LogP contribution in [0.25, 0.3) is 10.9 Å². The third-order valence-electron chi connectivity index (χ3n) is 4.81. The van der Waals surface area contributed by atoms with Gasteiger partial charge in [0, 0.05) is 42.6 Å². The fourth-order valence-corrected chi connectivity index (χ4v) is 3.53. The molecule has 146 valence electrons. The van der Waals surface area contributed by atoms with Crippen LogP contribution in [0.2, 0.25) is 5.02 Å². The molecule has 1 fully saturated rings. The minimum atomic E-state index is 0.0646. The van der Waals surface area contributed by atoms with Crippen molar-refractivity contribution in [1.29, 1.82) is 0 Å². The minimum absolute atomic E-state index is 0.0646. The summed E-state index contributed by atoms with van der Waals surface area (Å²) in [6.45, 7) is 7.00. The van der Waals surface area contributed by atoms with E-state index in [4.69, 9.17) is 16.3 Å². The quantitative estimate of drug-likeness (QED) is 0.733. The number of nitrogens with one attached hydrogen (secondary N) is 1. The Morgan fingerprint density at radius 3 is 2.85 bits per heavy atom. The van der Waals surface area contributed by atoms with E-state index in [0.29, 0.717) is 18.2 Å². The number of ether oxygens (including phenoxy) is 1. The van der Waals surface area contributed by atoms with Crippen molar-refractivity contribution in [2.75, 3.05) is 31.1 Å². The number of nitrogens with zero attached hydrogens (tertiary/aromatic N) is 3. The summed E-state index contributed by atoms with van der Waals surface area (Å²) in [6, 6.07) is 5.68. The number of aromatic nitrogens is 2. The summed E-state index contributed by atoms with van der Waals surface area (Å²) in [5, 5.41) is 4.70. The summed E-state index contributed by atoms with van der Waals surface area (Å²) in [6.07, 6.45) is 4.31. The first-order valence-electron chi connectivity index (χ1n) is 9.59. The zero-order chi connectivity index (χ0) is 19.2. The molecule has 1 aromatic heterocycles. The number of rotatable bonds is 7. The van der Waals surface area contributed by atoms with Gasteiger partial charge in [-0.05, 0) is 51.3 Å². The first-order chi connectivity index (χ1) is 13.0. The Labute approximate surface area is 165 Å². The number of hydrogen-bond donors (Lipinski definition) is 1. The largest absolute Gasteiger partial charge is 0.379 e. The molecule has 1 amide bonds. The van der Waals surface area contributed by atoms with Gasteiger partial charge in [0.25, 0.3) is 0 Å². The van der Waals surface area contributed by atoms with Crippen LogP contribution in [0, 0.1) is 5.92 Å². The number of carbonyl (C=O) groups is 1. The van der Waals surface area contributed by atoms with E-state index in [9.17, 15) is 4.79 Å². The van der Waals surface area contributed by atoms with Crippen molar-refractivity contribution in [1.82, 2.24) is 15.3 Å². The van der Waals surface area contributed by atoms with Crippen molar-refractivity contribution in [2.24, 2.45) is 5.92 Å². The summed E-state index contributed by atoms with van der Waals surface area (Å²) in [5.41, 5.74) is 0.844. The third-order valence-corrected chi connectivity index (χ3v) is 5.05. The van der Waals surface area contributed by atoms with Crippen molar-refractivity contribution in [3.63, 3.8) is 0 Å². The molecule has 1 saturated heterocycles. The summed E-state index contributed by atoms with van der Waals surface area (Å²) in [4.78, 5) is 23.4. The number of carbonyl (C=O) groups excluding carboxylic acids is 1. The molecular formula is C20H27ClN4O2. The van der Waals surface area contributed by atoms with Crippen LogP contribution >= 0.6 is 11.6 Å². The second kappa shape index (κ2) is 9.33. The highest BCUT2D eigenvalue weighted by Crippen LogP contribution is 2.28. The van der Waals surface area contributed by atoms with Crippen LogP contribution in [-0.4, -0.2) is 48.2 Å². The van der Waals surface area contributed by atoms with Crippen LogP contribution in [0.4, 0.5) is 5.82 Å². The fourth-order valence-electron chi connectivity index (χ4n) is 3.37. The maximum atomic E-state index is 12.4. The number of hydrogen-bond acceptors (Lipinski definition) is 5. The molecule has 7 heteroatoms. The number of anilines is 1. The second-order valence-electron chi connectivity index (χ2n) is 7.18. The van der Waals surface area contributed by atoms with Gasteiger partial charge in [-0.2, -0.15) is 0 Å². The van der Waals surface area contributed by atoms with Gasteiger partial charge in [0.2, 0.25) is 5.91 Å². The molecule has 6 nitrogen and oxygen atoms in total.